The number of nitrogens with zero attached hydrogens (tertiary/aromatic N) is 5. The summed E-state index contributed by atoms with van der Waals surface area (Å²) in [5.74, 6) is 0.796. The highest BCUT2D eigenvalue weighted by Gasteiger charge is 2.21. The molecule has 0 spiro atoms. The highest BCUT2D eigenvalue weighted by molar-refractivity contribution is 6.35. The number of piperidine rings is 1. The fourth-order valence-corrected chi connectivity index (χ4v) is 4.13. The van der Waals surface area contributed by atoms with Gasteiger partial charge in [-0.2, -0.15) is 10.2 Å². The number of halogens is 1. The maximum Gasteiger partial charge on any atom is 0.0858 e. The van der Waals surface area contributed by atoms with Gasteiger partial charge in [-0.05, 0) is 56.5 Å². The van der Waals surface area contributed by atoms with E-state index < -0.39 is 0 Å². The number of aryl methyl sites for hydroxylation is 2. The molecule has 3 aromatic rings. The van der Waals surface area contributed by atoms with Gasteiger partial charge in [-0.25, -0.2) is 0 Å². The molecule has 2 aromatic heterocycles. The molecule has 0 bridgehead atoms. The normalized spacial score (nSPS) is 16.7. The number of fused-ring (bicyclic) bond motifs is 1. The van der Waals surface area contributed by atoms with Crippen molar-refractivity contribution in [3.8, 4) is 0 Å². The second kappa shape index (κ2) is 7.18. The van der Waals surface area contributed by atoms with Gasteiger partial charge < -0.3 is 0 Å². The molecular formula is C19H24ClN5. The average molecular weight is 358 g/mol. The molecule has 0 atom stereocenters. The summed E-state index contributed by atoms with van der Waals surface area (Å²) in [6.07, 6.45) is 7.61. The van der Waals surface area contributed by atoms with Crippen LogP contribution in [0.15, 0.2) is 36.7 Å². The molecule has 4 rings (SSSR count). The predicted molar refractivity (Wildman–Crippen MR) is 101 cm³/mol. The van der Waals surface area contributed by atoms with Gasteiger partial charge in [0, 0.05) is 37.9 Å². The van der Waals surface area contributed by atoms with Gasteiger partial charge in [0.1, 0.15) is 0 Å². The van der Waals surface area contributed by atoms with E-state index in [1.54, 1.807) is 0 Å². The minimum atomic E-state index is 0.796. The molecule has 0 radical (unpaired) electrons. The Bertz CT molecular complexity index is 831. The van der Waals surface area contributed by atoms with E-state index in [-0.39, 0.29) is 0 Å². The number of hydrogen-bond donors (Lipinski definition) is 0. The maximum atomic E-state index is 6.43. The van der Waals surface area contributed by atoms with Crippen LogP contribution in [0, 0.1) is 5.92 Å². The van der Waals surface area contributed by atoms with Gasteiger partial charge in [-0.1, -0.05) is 17.7 Å². The van der Waals surface area contributed by atoms with Crippen LogP contribution < -0.4 is 0 Å². The summed E-state index contributed by atoms with van der Waals surface area (Å²) in [5.41, 5.74) is 2.20. The molecule has 25 heavy (non-hydrogen) atoms. The van der Waals surface area contributed by atoms with Gasteiger partial charge in [0.05, 0.1) is 16.2 Å². The average Bonchev–Trinajstić information content (AvgIpc) is 3.24. The number of rotatable bonds is 5. The lowest BCUT2D eigenvalue weighted by Gasteiger charge is -2.31. The van der Waals surface area contributed by atoms with E-state index in [2.05, 4.69) is 16.1 Å². The van der Waals surface area contributed by atoms with Crippen LogP contribution in [0.25, 0.3) is 10.9 Å². The molecule has 1 saturated heterocycles. The van der Waals surface area contributed by atoms with Crippen molar-refractivity contribution in [2.45, 2.75) is 32.4 Å². The summed E-state index contributed by atoms with van der Waals surface area (Å²) in [4.78, 5) is 2.51. The molecule has 1 aliphatic heterocycles. The van der Waals surface area contributed by atoms with Crippen LogP contribution in [0.3, 0.4) is 0 Å². The summed E-state index contributed by atoms with van der Waals surface area (Å²) in [7, 11) is 1.99. The van der Waals surface area contributed by atoms with E-state index in [9.17, 15) is 0 Å². The zero-order valence-corrected chi connectivity index (χ0v) is 15.4. The van der Waals surface area contributed by atoms with Crippen LogP contribution in [-0.2, 0) is 20.1 Å². The van der Waals surface area contributed by atoms with Crippen LogP contribution in [0.1, 0.15) is 25.0 Å². The Morgan fingerprint density at radius 3 is 2.80 bits per heavy atom. The molecule has 1 fully saturated rings. The Kier molecular flexibility index (Phi) is 4.77. The van der Waals surface area contributed by atoms with E-state index in [0.29, 0.717) is 0 Å². The molecule has 1 aliphatic rings. The lowest BCUT2D eigenvalue weighted by molar-refractivity contribution is 0.167. The third-order valence-electron chi connectivity index (χ3n) is 5.31. The third-order valence-corrected chi connectivity index (χ3v) is 5.62. The minimum absolute atomic E-state index is 0.796. The number of likely N-dealkylation sites (tertiary alicyclic amines) is 1. The summed E-state index contributed by atoms with van der Waals surface area (Å²) < 4.78 is 3.97. The molecule has 0 unspecified atom stereocenters. The number of aromatic nitrogens is 4. The second-order valence-corrected chi connectivity index (χ2v) is 7.39. The molecule has 132 valence electrons. The van der Waals surface area contributed by atoms with Crippen LogP contribution in [-0.4, -0.2) is 37.6 Å². The standard InChI is InChI=1S/C19H24ClN5/c1-23-18-5-2-4-16(20)19(18)17(22-23)14-24-11-6-15(7-12-24)8-13-25-10-3-9-21-25/h2-5,9-10,15H,6-8,11-14H2,1H3. The van der Waals surface area contributed by atoms with E-state index >= 15 is 0 Å². The van der Waals surface area contributed by atoms with Crippen LogP contribution in [0.2, 0.25) is 5.02 Å². The van der Waals surface area contributed by atoms with Gasteiger partial charge in [-0.15, -0.1) is 0 Å². The van der Waals surface area contributed by atoms with E-state index in [1.807, 2.05) is 47.0 Å². The highest BCUT2D eigenvalue weighted by atomic mass is 35.5. The summed E-state index contributed by atoms with van der Waals surface area (Å²) in [6, 6.07) is 8.02. The Hall–Kier alpha value is -1.85. The smallest absolute Gasteiger partial charge is 0.0858 e. The van der Waals surface area contributed by atoms with Crippen molar-refractivity contribution in [2.24, 2.45) is 13.0 Å². The van der Waals surface area contributed by atoms with Gasteiger partial charge >= 0.3 is 0 Å². The Balaban J connectivity index is 1.36. The molecule has 1 aromatic carbocycles. The first-order valence-electron chi connectivity index (χ1n) is 9.00. The summed E-state index contributed by atoms with van der Waals surface area (Å²) in [6.45, 7) is 4.17. The Morgan fingerprint density at radius 1 is 1.20 bits per heavy atom. The molecule has 0 N–H and O–H groups in total. The van der Waals surface area contributed by atoms with E-state index in [0.717, 1.165) is 53.7 Å². The largest absolute Gasteiger partial charge is 0.297 e. The zero-order chi connectivity index (χ0) is 17.2. The lowest BCUT2D eigenvalue weighted by Crippen LogP contribution is -2.33. The summed E-state index contributed by atoms with van der Waals surface area (Å²) in [5, 5.41) is 10.9. The Labute approximate surface area is 153 Å². The molecular weight excluding hydrogens is 334 g/mol. The fourth-order valence-electron chi connectivity index (χ4n) is 3.86. The SMILES string of the molecule is Cn1nc(CN2CCC(CCn3cccn3)CC2)c2c(Cl)cccc21. The summed E-state index contributed by atoms with van der Waals surface area (Å²) >= 11 is 6.43. The van der Waals surface area contributed by atoms with Crippen molar-refractivity contribution in [1.29, 1.82) is 0 Å². The minimum Gasteiger partial charge on any atom is -0.297 e. The van der Waals surface area contributed by atoms with Crippen molar-refractivity contribution in [3.63, 3.8) is 0 Å². The molecule has 0 amide bonds. The van der Waals surface area contributed by atoms with Gasteiger partial charge in [0.2, 0.25) is 0 Å². The molecule has 3 heterocycles. The predicted octanol–water partition coefficient (Wildman–Crippen LogP) is 3.73. The molecule has 6 heteroatoms. The lowest BCUT2D eigenvalue weighted by atomic mass is 9.93. The number of benzene rings is 1. The van der Waals surface area contributed by atoms with E-state index in [4.69, 9.17) is 16.7 Å². The first kappa shape index (κ1) is 16.6. The highest BCUT2D eigenvalue weighted by Crippen LogP contribution is 2.28. The monoisotopic (exact) mass is 357 g/mol. The topological polar surface area (TPSA) is 38.9 Å². The quantitative estimate of drug-likeness (QED) is 0.698. The fraction of sp³-hybridized carbons (Fsp3) is 0.474. The van der Waals surface area contributed by atoms with Gasteiger partial charge in [-0.3, -0.25) is 14.3 Å². The molecule has 0 aliphatic carbocycles. The second-order valence-electron chi connectivity index (χ2n) is 6.98. The third kappa shape index (κ3) is 3.58. The van der Waals surface area contributed by atoms with Crippen LogP contribution in [0.4, 0.5) is 0 Å². The van der Waals surface area contributed by atoms with Gasteiger partial charge in [0.25, 0.3) is 0 Å². The van der Waals surface area contributed by atoms with Crippen molar-refractivity contribution >= 4 is 22.5 Å². The first-order valence-corrected chi connectivity index (χ1v) is 9.38. The van der Waals surface area contributed by atoms with Crippen molar-refractivity contribution < 1.29 is 0 Å². The Morgan fingerprint density at radius 2 is 2.04 bits per heavy atom. The maximum absolute atomic E-state index is 6.43. The van der Waals surface area contributed by atoms with Crippen molar-refractivity contribution in [1.82, 2.24) is 24.5 Å². The first-order chi connectivity index (χ1) is 12.2. The molecule has 5 nitrogen and oxygen atoms in total. The molecule has 0 saturated carbocycles. The van der Waals surface area contributed by atoms with Crippen LogP contribution in [0.5, 0.6) is 0 Å². The zero-order valence-electron chi connectivity index (χ0n) is 14.6. The van der Waals surface area contributed by atoms with Crippen molar-refractivity contribution in [2.75, 3.05) is 13.1 Å². The van der Waals surface area contributed by atoms with Gasteiger partial charge in [0.15, 0.2) is 0 Å². The van der Waals surface area contributed by atoms with Crippen LogP contribution >= 0.6 is 11.6 Å². The van der Waals surface area contributed by atoms with E-state index in [1.165, 1.54) is 19.3 Å². The van der Waals surface area contributed by atoms with Crippen molar-refractivity contribution in [3.05, 3.63) is 47.4 Å². The number of hydrogen-bond acceptors (Lipinski definition) is 3.